The van der Waals surface area contributed by atoms with Crippen LogP contribution in [0.25, 0.3) is 10.4 Å². The topological polar surface area (TPSA) is 87.6 Å². The SMILES string of the molecule is CC1C(OC(=O)N=[N+]=[N-])CCC(C2CO2)C1C. The van der Waals surface area contributed by atoms with Gasteiger partial charge in [-0.05, 0) is 36.1 Å². The van der Waals surface area contributed by atoms with Gasteiger partial charge in [-0.15, -0.1) is 0 Å². The number of azide groups is 1. The summed E-state index contributed by atoms with van der Waals surface area (Å²) in [5, 5.41) is 2.94. The van der Waals surface area contributed by atoms with Gasteiger partial charge in [-0.25, -0.2) is 4.79 Å². The number of amides is 1. The van der Waals surface area contributed by atoms with Crippen molar-refractivity contribution in [3.05, 3.63) is 10.4 Å². The molecule has 5 unspecified atom stereocenters. The quantitative estimate of drug-likeness (QED) is 0.321. The predicted molar refractivity (Wildman–Crippen MR) is 60.2 cm³/mol. The van der Waals surface area contributed by atoms with Crippen LogP contribution in [0, 0.1) is 17.8 Å². The molecule has 6 heteroatoms. The molecule has 2 fully saturated rings. The Labute approximate surface area is 99.9 Å². The summed E-state index contributed by atoms with van der Waals surface area (Å²) >= 11 is 0. The lowest BCUT2D eigenvalue weighted by Crippen LogP contribution is -2.39. The van der Waals surface area contributed by atoms with Gasteiger partial charge in [-0.1, -0.05) is 13.8 Å². The van der Waals surface area contributed by atoms with Gasteiger partial charge in [0.1, 0.15) is 6.10 Å². The van der Waals surface area contributed by atoms with E-state index in [0.29, 0.717) is 17.9 Å². The number of hydrogen-bond acceptors (Lipinski definition) is 3. The number of carbonyl (C=O) groups is 1. The standard InChI is InChI=1S/C11H17N3O3/c1-6-7(2)9(17-11(15)13-14-12)4-3-8(6)10-5-16-10/h6-10H,3-5H2,1-2H3. The lowest BCUT2D eigenvalue weighted by molar-refractivity contribution is -0.00144. The monoisotopic (exact) mass is 239 g/mol. The highest BCUT2D eigenvalue weighted by Crippen LogP contribution is 2.41. The van der Waals surface area contributed by atoms with Crippen LogP contribution < -0.4 is 0 Å². The molecule has 1 heterocycles. The smallest absolute Gasteiger partial charge is 0.397 e. The Kier molecular flexibility index (Phi) is 3.54. The van der Waals surface area contributed by atoms with Gasteiger partial charge in [0.2, 0.25) is 0 Å². The summed E-state index contributed by atoms with van der Waals surface area (Å²) in [6.07, 6.45) is 1.27. The van der Waals surface area contributed by atoms with E-state index < -0.39 is 6.09 Å². The minimum Gasteiger partial charge on any atom is -0.457 e. The van der Waals surface area contributed by atoms with Crippen molar-refractivity contribution in [1.82, 2.24) is 0 Å². The molecule has 0 aromatic carbocycles. The highest BCUT2D eigenvalue weighted by molar-refractivity contribution is 5.68. The van der Waals surface area contributed by atoms with Crippen LogP contribution >= 0.6 is 0 Å². The van der Waals surface area contributed by atoms with Gasteiger partial charge >= 0.3 is 6.09 Å². The van der Waals surface area contributed by atoms with E-state index >= 15 is 0 Å². The second-order valence-electron chi connectivity index (χ2n) is 4.94. The Balaban J connectivity index is 1.93. The summed E-state index contributed by atoms with van der Waals surface area (Å²) in [6, 6.07) is 0. The van der Waals surface area contributed by atoms with Crippen molar-refractivity contribution in [3.63, 3.8) is 0 Å². The zero-order valence-electron chi connectivity index (χ0n) is 10.1. The molecule has 0 N–H and O–H groups in total. The van der Waals surface area contributed by atoms with Gasteiger partial charge < -0.3 is 9.47 Å². The van der Waals surface area contributed by atoms with Crippen LogP contribution in [0.2, 0.25) is 0 Å². The number of epoxide rings is 1. The number of nitrogens with zero attached hydrogens (tertiary/aromatic N) is 3. The molecular weight excluding hydrogens is 222 g/mol. The molecule has 0 aromatic heterocycles. The fraction of sp³-hybridized carbons (Fsp3) is 0.909. The molecule has 1 saturated heterocycles. The number of ether oxygens (including phenoxy) is 2. The van der Waals surface area contributed by atoms with Crippen molar-refractivity contribution < 1.29 is 14.3 Å². The molecule has 1 saturated carbocycles. The number of carbonyl (C=O) groups excluding carboxylic acids is 1. The zero-order chi connectivity index (χ0) is 12.4. The van der Waals surface area contributed by atoms with E-state index in [-0.39, 0.29) is 12.0 Å². The van der Waals surface area contributed by atoms with E-state index in [4.69, 9.17) is 15.0 Å². The molecule has 0 aromatic rings. The molecule has 1 aliphatic carbocycles. The van der Waals surface area contributed by atoms with Crippen LogP contribution in [0.15, 0.2) is 5.11 Å². The Morgan fingerprint density at radius 1 is 1.41 bits per heavy atom. The van der Waals surface area contributed by atoms with Crippen LogP contribution in [0.1, 0.15) is 26.7 Å². The highest BCUT2D eigenvalue weighted by atomic mass is 16.6. The maximum atomic E-state index is 11.1. The normalized spacial score (nSPS) is 40.2. The van der Waals surface area contributed by atoms with Crippen molar-refractivity contribution >= 4 is 6.09 Å². The molecule has 5 atom stereocenters. The van der Waals surface area contributed by atoms with Crippen molar-refractivity contribution in [3.8, 4) is 0 Å². The van der Waals surface area contributed by atoms with Crippen molar-refractivity contribution in [2.75, 3.05) is 6.61 Å². The molecule has 1 aliphatic heterocycles. The van der Waals surface area contributed by atoms with Gasteiger partial charge in [0.15, 0.2) is 0 Å². The fourth-order valence-corrected chi connectivity index (χ4v) is 2.79. The summed E-state index contributed by atoms with van der Waals surface area (Å²) in [5.74, 6) is 1.30. The highest BCUT2D eigenvalue weighted by Gasteiger charge is 2.43. The largest absolute Gasteiger partial charge is 0.457 e. The van der Waals surface area contributed by atoms with E-state index in [1.54, 1.807) is 0 Å². The minimum atomic E-state index is -0.822. The molecule has 2 aliphatic rings. The second kappa shape index (κ2) is 4.94. The maximum Gasteiger partial charge on any atom is 0.397 e. The first-order valence-corrected chi connectivity index (χ1v) is 6.00. The maximum absolute atomic E-state index is 11.1. The van der Waals surface area contributed by atoms with E-state index in [0.717, 1.165) is 19.4 Å². The summed E-state index contributed by atoms with van der Waals surface area (Å²) in [6.45, 7) is 5.11. The average Bonchev–Trinajstić information content (AvgIpc) is 3.09. The van der Waals surface area contributed by atoms with E-state index in [1.165, 1.54) is 0 Å². The lowest BCUT2D eigenvalue weighted by atomic mass is 9.71. The molecule has 94 valence electrons. The number of hydrogen-bond donors (Lipinski definition) is 0. The van der Waals surface area contributed by atoms with Crippen molar-refractivity contribution in [1.29, 1.82) is 0 Å². The molecule has 2 rings (SSSR count). The van der Waals surface area contributed by atoms with Gasteiger partial charge in [0.05, 0.1) is 12.7 Å². The Morgan fingerprint density at radius 3 is 2.71 bits per heavy atom. The summed E-state index contributed by atoms with van der Waals surface area (Å²) in [5.41, 5.74) is 8.15. The first-order valence-electron chi connectivity index (χ1n) is 6.00. The van der Waals surface area contributed by atoms with Crippen LogP contribution in [-0.2, 0) is 9.47 Å². The molecule has 17 heavy (non-hydrogen) atoms. The van der Waals surface area contributed by atoms with Crippen molar-refractivity contribution in [2.45, 2.75) is 38.9 Å². The van der Waals surface area contributed by atoms with E-state index in [1.807, 2.05) is 0 Å². The van der Waals surface area contributed by atoms with Crippen LogP contribution in [0.4, 0.5) is 4.79 Å². The van der Waals surface area contributed by atoms with E-state index in [9.17, 15) is 4.79 Å². The Morgan fingerprint density at radius 2 is 2.12 bits per heavy atom. The third-order valence-electron chi connectivity index (χ3n) is 4.09. The molecule has 1 amide bonds. The zero-order valence-corrected chi connectivity index (χ0v) is 10.1. The molecular formula is C11H17N3O3. The van der Waals surface area contributed by atoms with Crippen molar-refractivity contribution in [2.24, 2.45) is 22.9 Å². The fourth-order valence-electron chi connectivity index (χ4n) is 2.79. The Hall–Kier alpha value is -1.26. The van der Waals surface area contributed by atoms with Gasteiger partial charge in [0, 0.05) is 10.0 Å². The summed E-state index contributed by atoms with van der Waals surface area (Å²) in [7, 11) is 0. The van der Waals surface area contributed by atoms with Gasteiger partial charge in [0.25, 0.3) is 0 Å². The molecule has 0 spiro atoms. The second-order valence-corrected chi connectivity index (χ2v) is 4.94. The minimum absolute atomic E-state index is 0.141. The molecule has 0 bridgehead atoms. The van der Waals surface area contributed by atoms with Crippen LogP contribution in [-0.4, -0.2) is 24.9 Å². The predicted octanol–water partition coefficient (Wildman–Crippen LogP) is 2.88. The molecule has 6 nitrogen and oxygen atoms in total. The first kappa shape index (κ1) is 12.2. The number of rotatable bonds is 2. The Bertz CT molecular complexity index is 350. The third-order valence-corrected chi connectivity index (χ3v) is 4.09. The average molecular weight is 239 g/mol. The third kappa shape index (κ3) is 2.70. The summed E-state index contributed by atoms with van der Waals surface area (Å²) in [4.78, 5) is 13.6. The first-order chi connectivity index (χ1) is 8.13. The van der Waals surface area contributed by atoms with Crippen LogP contribution in [0.5, 0.6) is 0 Å². The lowest BCUT2D eigenvalue weighted by Gasteiger charge is -2.38. The summed E-state index contributed by atoms with van der Waals surface area (Å²) < 4.78 is 10.5. The van der Waals surface area contributed by atoms with E-state index in [2.05, 4.69) is 23.9 Å². The van der Waals surface area contributed by atoms with Crippen LogP contribution in [0.3, 0.4) is 0 Å². The van der Waals surface area contributed by atoms with Gasteiger partial charge in [-0.2, -0.15) is 0 Å². The van der Waals surface area contributed by atoms with Gasteiger partial charge in [-0.3, -0.25) is 0 Å². The molecule has 0 radical (unpaired) electrons.